The lowest BCUT2D eigenvalue weighted by molar-refractivity contribution is -0.183. The Bertz CT molecular complexity index is 564. The first-order valence-electron chi connectivity index (χ1n) is 9.63. The van der Waals surface area contributed by atoms with Crippen LogP contribution in [0.15, 0.2) is 11.6 Å². The molecule has 3 fully saturated rings. The van der Waals surface area contributed by atoms with Gasteiger partial charge >= 0.3 is 5.97 Å². The van der Waals surface area contributed by atoms with Crippen molar-refractivity contribution in [1.29, 1.82) is 0 Å². The van der Waals surface area contributed by atoms with Gasteiger partial charge < -0.3 is 4.74 Å². The average Bonchev–Trinajstić information content (AvgIpc) is 2.53. The second kappa shape index (κ2) is 4.86. The van der Waals surface area contributed by atoms with Crippen LogP contribution >= 0.6 is 0 Å². The van der Waals surface area contributed by atoms with Gasteiger partial charge in [0, 0.05) is 0 Å². The molecule has 5 aliphatic carbocycles. The Morgan fingerprint density at radius 3 is 2.57 bits per heavy atom. The molecule has 0 aromatic carbocycles. The summed E-state index contributed by atoms with van der Waals surface area (Å²) >= 11 is 0. The van der Waals surface area contributed by atoms with Crippen molar-refractivity contribution >= 4 is 5.97 Å². The van der Waals surface area contributed by atoms with E-state index in [9.17, 15) is 4.79 Å². The smallest absolute Gasteiger partial charge is 0.311 e. The largest absolute Gasteiger partial charge is 0.469 e. The second-order valence-corrected chi connectivity index (χ2v) is 9.51. The van der Waals surface area contributed by atoms with Crippen LogP contribution < -0.4 is 0 Å². The fourth-order valence-electron chi connectivity index (χ4n) is 7.58. The van der Waals surface area contributed by atoms with E-state index in [4.69, 9.17) is 4.74 Å². The Labute approximate surface area is 141 Å². The molecule has 0 heterocycles. The van der Waals surface area contributed by atoms with Crippen molar-refractivity contribution in [2.75, 3.05) is 7.11 Å². The van der Waals surface area contributed by atoms with E-state index < -0.39 is 0 Å². The first-order chi connectivity index (χ1) is 10.9. The van der Waals surface area contributed by atoms with E-state index in [1.54, 1.807) is 12.7 Å². The van der Waals surface area contributed by atoms with Crippen LogP contribution in [-0.4, -0.2) is 13.1 Å². The summed E-state index contributed by atoms with van der Waals surface area (Å²) in [6.07, 6.45) is 12.8. The van der Waals surface area contributed by atoms with Gasteiger partial charge in [-0.15, -0.1) is 0 Å². The zero-order valence-corrected chi connectivity index (χ0v) is 15.3. The number of hydrogen-bond donors (Lipinski definition) is 0. The third kappa shape index (κ3) is 1.90. The summed E-state index contributed by atoms with van der Waals surface area (Å²) in [5.41, 5.74) is 2.15. The van der Waals surface area contributed by atoms with Gasteiger partial charge in [0.25, 0.3) is 0 Å². The molecule has 0 N–H and O–H groups in total. The Morgan fingerprint density at radius 2 is 1.87 bits per heavy atom. The Balaban J connectivity index is 1.75. The lowest BCUT2D eigenvalue weighted by atomic mass is 9.38. The van der Waals surface area contributed by atoms with Crippen LogP contribution in [0.1, 0.15) is 72.1 Å². The van der Waals surface area contributed by atoms with Gasteiger partial charge in [-0.1, -0.05) is 25.0 Å². The predicted molar refractivity (Wildman–Crippen MR) is 91.8 cm³/mol. The van der Waals surface area contributed by atoms with E-state index in [0.717, 1.165) is 18.3 Å². The highest BCUT2D eigenvalue weighted by Gasteiger charge is 2.64. The number of methoxy groups -OCH3 is 1. The van der Waals surface area contributed by atoms with Gasteiger partial charge in [0.2, 0.25) is 0 Å². The summed E-state index contributed by atoms with van der Waals surface area (Å²) in [5.74, 6) is 2.13. The van der Waals surface area contributed by atoms with Gasteiger partial charge in [-0.05, 0) is 87.4 Å². The highest BCUT2D eigenvalue weighted by Crippen LogP contribution is 2.70. The molecule has 0 aromatic heterocycles. The fraction of sp³-hybridized carbons (Fsp3) is 0.857. The highest BCUT2D eigenvalue weighted by atomic mass is 16.5. The van der Waals surface area contributed by atoms with Crippen LogP contribution in [0, 0.1) is 34.0 Å². The number of rotatable bonds is 1. The molecule has 2 heteroatoms. The van der Waals surface area contributed by atoms with Gasteiger partial charge in [-0.2, -0.15) is 0 Å². The van der Waals surface area contributed by atoms with Gasteiger partial charge in [-0.3, -0.25) is 4.79 Å². The molecule has 0 amide bonds. The molecule has 5 aliphatic rings. The first kappa shape index (κ1) is 15.7. The first-order valence-corrected chi connectivity index (χ1v) is 9.63. The number of carbonyl (C=O) groups is 1. The van der Waals surface area contributed by atoms with E-state index in [-0.39, 0.29) is 11.4 Å². The molecular weight excluding hydrogens is 284 g/mol. The Hall–Kier alpha value is -0.790. The van der Waals surface area contributed by atoms with Crippen LogP contribution in [0.25, 0.3) is 0 Å². The number of hydrogen-bond acceptors (Lipinski definition) is 2. The van der Waals surface area contributed by atoms with E-state index >= 15 is 0 Å². The maximum Gasteiger partial charge on any atom is 0.311 e. The normalized spacial score (nSPS) is 51.5. The molecule has 0 saturated heterocycles. The molecule has 6 atom stereocenters. The van der Waals surface area contributed by atoms with E-state index in [0.29, 0.717) is 16.7 Å². The van der Waals surface area contributed by atoms with Gasteiger partial charge in [-0.25, -0.2) is 0 Å². The summed E-state index contributed by atoms with van der Waals surface area (Å²) in [6.45, 7) is 7.07. The van der Waals surface area contributed by atoms with Crippen molar-refractivity contribution in [2.45, 2.75) is 72.1 Å². The minimum absolute atomic E-state index is 0.0390. The topological polar surface area (TPSA) is 26.3 Å². The molecule has 128 valence electrons. The monoisotopic (exact) mass is 316 g/mol. The molecule has 0 aromatic rings. The van der Waals surface area contributed by atoms with Crippen LogP contribution in [0.3, 0.4) is 0 Å². The SMILES string of the molecule is COC(=O)[C@]1(C)CCC[C@@]2(C)[C@@H]3C[C@@H]4CC[C@]3(C=C4C)CC[C@@H]21. The number of carbonyl (C=O) groups excluding carboxylic acids is 1. The quantitative estimate of drug-likeness (QED) is 0.495. The number of esters is 1. The van der Waals surface area contributed by atoms with E-state index in [2.05, 4.69) is 26.8 Å². The minimum atomic E-state index is -0.265. The number of fused-ring (bicyclic) bond motifs is 2. The number of ether oxygens (including phenoxy) is 1. The van der Waals surface area contributed by atoms with E-state index in [1.807, 2.05) is 0 Å². The molecule has 5 rings (SSSR count). The lowest BCUT2D eigenvalue weighted by Crippen LogP contribution is -2.60. The van der Waals surface area contributed by atoms with Crippen molar-refractivity contribution < 1.29 is 9.53 Å². The maximum atomic E-state index is 12.6. The van der Waals surface area contributed by atoms with Crippen molar-refractivity contribution in [1.82, 2.24) is 0 Å². The summed E-state index contributed by atoms with van der Waals surface area (Å²) in [7, 11) is 1.57. The van der Waals surface area contributed by atoms with Crippen LogP contribution in [0.5, 0.6) is 0 Å². The maximum absolute atomic E-state index is 12.6. The standard InChI is InChI=1S/C21H32O2/c1-14-13-21-10-6-15(14)12-17(21)19(2)8-5-9-20(3,18(22)23-4)16(19)7-11-21/h13,15-17H,5-12H2,1-4H3/t15-,16-,17-,19+,20+,21+/m0/s1. The molecule has 0 unspecified atom stereocenters. The zero-order chi connectivity index (χ0) is 16.5. The van der Waals surface area contributed by atoms with Crippen molar-refractivity contribution in [3.05, 3.63) is 11.6 Å². The molecule has 1 spiro atoms. The van der Waals surface area contributed by atoms with Gasteiger partial charge in [0.1, 0.15) is 0 Å². The van der Waals surface area contributed by atoms with Crippen molar-refractivity contribution in [3.8, 4) is 0 Å². The Morgan fingerprint density at radius 1 is 1.13 bits per heavy atom. The predicted octanol–water partition coefficient (Wildman–Crippen LogP) is 5.13. The second-order valence-electron chi connectivity index (χ2n) is 9.51. The van der Waals surface area contributed by atoms with Crippen LogP contribution in [0.2, 0.25) is 0 Å². The molecular formula is C21H32O2. The van der Waals surface area contributed by atoms with E-state index in [1.165, 1.54) is 44.9 Å². The third-order valence-electron chi connectivity index (χ3n) is 8.65. The summed E-state index contributed by atoms with van der Waals surface area (Å²) < 4.78 is 5.25. The van der Waals surface area contributed by atoms with Crippen molar-refractivity contribution in [3.63, 3.8) is 0 Å². The van der Waals surface area contributed by atoms with Gasteiger partial charge in [0.15, 0.2) is 0 Å². The number of allylic oxidation sites excluding steroid dienone is 2. The lowest BCUT2D eigenvalue weighted by Gasteiger charge is -2.66. The summed E-state index contributed by atoms with van der Waals surface area (Å²) in [4.78, 5) is 12.6. The summed E-state index contributed by atoms with van der Waals surface area (Å²) in [5, 5.41) is 0. The van der Waals surface area contributed by atoms with Crippen molar-refractivity contribution in [2.24, 2.45) is 34.0 Å². The molecule has 0 aliphatic heterocycles. The third-order valence-corrected chi connectivity index (χ3v) is 8.65. The molecule has 0 radical (unpaired) electrons. The molecule has 2 nitrogen and oxygen atoms in total. The molecule has 3 saturated carbocycles. The summed E-state index contributed by atoms with van der Waals surface area (Å²) in [6, 6.07) is 0. The van der Waals surface area contributed by atoms with Crippen LogP contribution in [0.4, 0.5) is 0 Å². The fourth-order valence-corrected chi connectivity index (χ4v) is 7.58. The highest BCUT2D eigenvalue weighted by molar-refractivity contribution is 5.77. The molecule has 2 bridgehead atoms. The Kier molecular flexibility index (Phi) is 3.32. The molecule has 23 heavy (non-hydrogen) atoms. The average molecular weight is 316 g/mol. The zero-order valence-electron chi connectivity index (χ0n) is 15.3. The van der Waals surface area contributed by atoms with Gasteiger partial charge in [0.05, 0.1) is 12.5 Å². The van der Waals surface area contributed by atoms with Crippen LogP contribution in [-0.2, 0) is 9.53 Å². The minimum Gasteiger partial charge on any atom is -0.469 e.